The van der Waals surface area contributed by atoms with Gasteiger partial charge < -0.3 is 9.88 Å². The Kier molecular flexibility index (Phi) is 5.79. The average molecular weight is 188 g/mol. The molecule has 0 aliphatic rings. The summed E-state index contributed by atoms with van der Waals surface area (Å²) in [6.45, 7) is 9.35. The van der Waals surface area contributed by atoms with Crippen LogP contribution in [-0.4, -0.2) is 40.3 Å². The zero-order chi connectivity index (χ0) is 9.61. The van der Waals surface area contributed by atoms with Crippen LogP contribution in [0.25, 0.3) is 0 Å². The molecule has 74 valence electrons. The molecule has 0 fully saturated rings. The fourth-order valence-corrected chi connectivity index (χ4v) is 2.80. The minimum Gasteiger partial charge on any atom is -0.336 e. The lowest BCUT2D eigenvalue weighted by Crippen LogP contribution is -2.48. The first-order valence-electron chi connectivity index (χ1n) is 4.94. The Bertz CT molecular complexity index is 111. The van der Waals surface area contributed by atoms with Gasteiger partial charge in [-0.25, -0.2) is 0 Å². The highest BCUT2D eigenvalue weighted by atomic mass is 28.3. The largest absolute Gasteiger partial charge is 0.336 e. The third-order valence-electron chi connectivity index (χ3n) is 2.67. The van der Waals surface area contributed by atoms with E-state index in [1.165, 1.54) is 12.1 Å². The molecule has 3 heteroatoms. The van der Waals surface area contributed by atoms with Gasteiger partial charge in [0.05, 0.1) is 0 Å². The predicted molar refractivity (Wildman–Crippen MR) is 59.1 cm³/mol. The van der Waals surface area contributed by atoms with Gasteiger partial charge in [-0.15, -0.1) is 0 Å². The third-order valence-corrected chi connectivity index (χ3v) is 6.90. The molecule has 0 aromatic carbocycles. The highest BCUT2D eigenvalue weighted by Gasteiger charge is 2.20. The normalized spacial score (nSPS) is 12.5. The number of hydrogen-bond acceptors (Lipinski definition) is 2. The number of likely N-dealkylation sites (N-methyl/N-ethyl adjacent to an activating group) is 1. The second kappa shape index (κ2) is 5.73. The van der Waals surface area contributed by atoms with Crippen molar-refractivity contribution in [2.45, 2.75) is 32.5 Å². The first-order chi connectivity index (χ1) is 5.54. The van der Waals surface area contributed by atoms with E-state index in [9.17, 15) is 0 Å². The minimum atomic E-state index is -1.04. The van der Waals surface area contributed by atoms with Gasteiger partial charge in [-0.05, 0) is 26.2 Å². The Morgan fingerprint density at radius 3 is 2.00 bits per heavy atom. The van der Waals surface area contributed by atoms with Crippen molar-refractivity contribution in [2.75, 3.05) is 27.2 Å². The minimum absolute atomic E-state index is 1.04. The van der Waals surface area contributed by atoms with Crippen LogP contribution in [0.4, 0.5) is 0 Å². The summed E-state index contributed by atoms with van der Waals surface area (Å²) in [7, 11) is 3.21. The first kappa shape index (κ1) is 12.1. The molecule has 2 nitrogen and oxygen atoms in total. The monoisotopic (exact) mass is 188 g/mol. The van der Waals surface area contributed by atoms with Crippen molar-refractivity contribution in [3.05, 3.63) is 0 Å². The van der Waals surface area contributed by atoms with Crippen molar-refractivity contribution < 1.29 is 0 Å². The zero-order valence-corrected chi connectivity index (χ0v) is 10.3. The summed E-state index contributed by atoms with van der Waals surface area (Å²) in [6, 6.07) is 2.69. The molecule has 0 spiro atoms. The van der Waals surface area contributed by atoms with Crippen LogP contribution < -0.4 is 4.98 Å². The van der Waals surface area contributed by atoms with Gasteiger partial charge in [0, 0.05) is 13.1 Å². The molecule has 0 aliphatic heterocycles. The van der Waals surface area contributed by atoms with E-state index < -0.39 is 8.24 Å². The Morgan fingerprint density at radius 2 is 1.67 bits per heavy atom. The predicted octanol–water partition coefficient (Wildman–Crippen LogP) is 1.75. The fraction of sp³-hybridized carbons (Fsp3) is 1.00. The maximum absolute atomic E-state index is 3.72. The number of hydrogen-bond donors (Lipinski definition) is 1. The molecule has 1 N–H and O–H groups in total. The summed E-state index contributed by atoms with van der Waals surface area (Å²) < 4.78 is 0. The maximum atomic E-state index is 3.72. The molecule has 0 rings (SSSR count). The van der Waals surface area contributed by atoms with Gasteiger partial charge in [0.25, 0.3) is 0 Å². The second-order valence-corrected chi connectivity index (χ2v) is 8.89. The van der Waals surface area contributed by atoms with E-state index >= 15 is 0 Å². The molecule has 0 aromatic rings. The molecule has 12 heavy (non-hydrogen) atoms. The lowest BCUT2D eigenvalue weighted by Gasteiger charge is -2.26. The van der Waals surface area contributed by atoms with Crippen LogP contribution in [0.5, 0.6) is 0 Å². The Balaban J connectivity index is 3.58. The standard InChI is InChI=1S/C9H24N2Si/c1-6-12(5,7-2)10-8-9-11(3)4/h10H,6-9H2,1-5H3. The molecule has 0 saturated heterocycles. The molecular weight excluding hydrogens is 164 g/mol. The average Bonchev–Trinajstić information content (AvgIpc) is 2.03. The van der Waals surface area contributed by atoms with Gasteiger partial charge in [0.2, 0.25) is 0 Å². The highest BCUT2D eigenvalue weighted by molar-refractivity contribution is 6.76. The van der Waals surface area contributed by atoms with E-state index in [0.29, 0.717) is 0 Å². The highest BCUT2D eigenvalue weighted by Crippen LogP contribution is 2.09. The maximum Gasteiger partial charge on any atom is 0.122 e. The van der Waals surface area contributed by atoms with Crippen molar-refractivity contribution >= 4 is 8.24 Å². The molecule has 0 aromatic heterocycles. The second-order valence-electron chi connectivity index (χ2n) is 4.00. The van der Waals surface area contributed by atoms with E-state index in [0.717, 1.165) is 13.1 Å². The molecule has 0 unspecified atom stereocenters. The van der Waals surface area contributed by atoms with E-state index in [1.54, 1.807) is 0 Å². The van der Waals surface area contributed by atoms with Crippen LogP contribution in [0.1, 0.15) is 13.8 Å². The molecule has 0 radical (unpaired) electrons. The van der Waals surface area contributed by atoms with Crippen LogP contribution in [0.3, 0.4) is 0 Å². The van der Waals surface area contributed by atoms with E-state index in [-0.39, 0.29) is 0 Å². The van der Waals surface area contributed by atoms with Crippen LogP contribution in [0.2, 0.25) is 18.6 Å². The van der Waals surface area contributed by atoms with E-state index in [2.05, 4.69) is 44.4 Å². The third kappa shape index (κ3) is 4.90. The van der Waals surface area contributed by atoms with Crippen molar-refractivity contribution in [3.63, 3.8) is 0 Å². The quantitative estimate of drug-likeness (QED) is 0.639. The lowest BCUT2D eigenvalue weighted by atomic mass is 10.6. The van der Waals surface area contributed by atoms with E-state index in [1.807, 2.05) is 0 Å². The van der Waals surface area contributed by atoms with Gasteiger partial charge in [-0.3, -0.25) is 0 Å². The topological polar surface area (TPSA) is 15.3 Å². The summed E-state index contributed by atoms with van der Waals surface area (Å²) in [4.78, 5) is 5.95. The molecule has 0 atom stereocenters. The van der Waals surface area contributed by atoms with Gasteiger partial charge in [0.15, 0.2) is 0 Å². The molecular formula is C9H24N2Si. The molecule has 0 aliphatic carbocycles. The smallest absolute Gasteiger partial charge is 0.122 e. The number of nitrogens with one attached hydrogen (secondary N) is 1. The van der Waals surface area contributed by atoms with Crippen LogP contribution in [-0.2, 0) is 0 Å². The van der Waals surface area contributed by atoms with Gasteiger partial charge >= 0.3 is 0 Å². The van der Waals surface area contributed by atoms with Crippen LogP contribution in [0, 0.1) is 0 Å². The summed E-state index contributed by atoms with van der Waals surface area (Å²) in [5.41, 5.74) is 0. The van der Waals surface area contributed by atoms with Crippen molar-refractivity contribution in [3.8, 4) is 0 Å². The first-order valence-corrected chi connectivity index (χ1v) is 7.85. The van der Waals surface area contributed by atoms with Crippen LogP contribution >= 0.6 is 0 Å². The molecule has 0 heterocycles. The van der Waals surface area contributed by atoms with Crippen molar-refractivity contribution in [1.82, 2.24) is 9.88 Å². The zero-order valence-electron chi connectivity index (χ0n) is 9.28. The molecule has 0 amide bonds. The SMILES string of the molecule is CC[Si](C)(CC)NCCN(C)C. The summed E-state index contributed by atoms with van der Waals surface area (Å²) in [6.07, 6.45) is 0. The Hall–Kier alpha value is 0.137. The van der Waals surface area contributed by atoms with Gasteiger partial charge in [0.1, 0.15) is 8.24 Å². The van der Waals surface area contributed by atoms with Gasteiger partial charge in [-0.1, -0.05) is 20.4 Å². The Labute approximate surface area is 78.4 Å². The molecule has 0 saturated carbocycles. The van der Waals surface area contributed by atoms with Crippen molar-refractivity contribution in [1.29, 1.82) is 0 Å². The van der Waals surface area contributed by atoms with Gasteiger partial charge in [-0.2, -0.15) is 0 Å². The molecule has 0 bridgehead atoms. The van der Waals surface area contributed by atoms with Crippen LogP contribution in [0.15, 0.2) is 0 Å². The fourth-order valence-electron chi connectivity index (χ4n) is 1.08. The Morgan fingerprint density at radius 1 is 1.17 bits per heavy atom. The summed E-state index contributed by atoms with van der Waals surface area (Å²) in [5, 5.41) is 0. The van der Waals surface area contributed by atoms with E-state index in [4.69, 9.17) is 0 Å². The lowest BCUT2D eigenvalue weighted by molar-refractivity contribution is 0.412. The van der Waals surface area contributed by atoms with Crippen molar-refractivity contribution in [2.24, 2.45) is 0 Å². The summed E-state index contributed by atoms with van der Waals surface area (Å²) >= 11 is 0. The number of nitrogens with zero attached hydrogens (tertiary/aromatic N) is 1. The number of rotatable bonds is 6. The summed E-state index contributed by atoms with van der Waals surface area (Å²) in [5.74, 6) is 0.